The highest BCUT2D eigenvalue weighted by Gasteiger charge is 2.16. The van der Waals surface area contributed by atoms with Crippen molar-refractivity contribution < 1.29 is 17.9 Å². The van der Waals surface area contributed by atoms with Gasteiger partial charge in [-0.3, -0.25) is 9.52 Å². The van der Waals surface area contributed by atoms with Gasteiger partial charge in [-0.25, -0.2) is 8.42 Å². The summed E-state index contributed by atoms with van der Waals surface area (Å²) in [7, 11) is -3.69. The lowest BCUT2D eigenvalue weighted by atomic mass is 10.2. The number of amides is 1. The van der Waals surface area contributed by atoms with Crippen LogP contribution in [-0.4, -0.2) is 27.0 Å². The Balaban J connectivity index is 2.05. The maximum Gasteiger partial charge on any atom is 0.261 e. The molecule has 0 spiro atoms. The van der Waals surface area contributed by atoms with Gasteiger partial charge in [-0.2, -0.15) is 0 Å². The topological polar surface area (TPSA) is 84.5 Å². The van der Waals surface area contributed by atoms with E-state index in [1.165, 1.54) is 12.1 Å². The van der Waals surface area contributed by atoms with Gasteiger partial charge < -0.3 is 10.1 Å². The van der Waals surface area contributed by atoms with Crippen molar-refractivity contribution in [2.24, 2.45) is 0 Å². The van der Waals surface area contributed by atoms with Crippen LogP contribution in [0.15, 0.2) is 53.4 Å². The van der Waals surface area contributed by atoms with Crippen molar-refractivity contribution in [2.45, 2.75) is 38.1 Å². The van der Waals surface area contributed by atoms with Gasteiger partial charge in [0.25, 0.3) is 15.9 Å². The molecule has 1 atom stereocenters. The number of ether oxygens (including phenoxy) is 1. The van der Waals surface area contributed by atoms with Crippen LogP contribution in [0.4, 0.5) is 5.69 Å². The summed E-state index contributed by atoms with van der Waals surface area (Å²) < 4.78 is 33.0. The fourth-order valence-electron chi connectivity index (χ4n) is 2.23. The number of rotatable bonds is 8. The molecule has 0 aliphatic carbocycles. The van der Waals surface area contributed by atoms with Crippen molar-refractivity contribution in [1.29, 1.82) is 0 Å². The first-order valence-corrected chi connectivity index (χ1v) is 9.91. The molecule has 7 heteroatoms. The normalized spacial score (nSPS) is 12.3. The first kappa shape index (κ1) is 19.8. The molecule has 0 aliphatic rings. The number of benzene rings is 2. The molecule has 2 aromatic rings. The summed E-state index contributed by atoms with van der Waals surface area (Å²) in [6.07, 6.45) is 0.839. The Morgan fingerprint density at radius 3 is 2.46 bits per heavy atom. The number of carbonyl (C=O) groups excluding carboxylic acids is 1. The molecule has 0 aromatic heterocycles. The summed E-state index contributed by atoms with van der Waals surface area (Å²) in [6, 6.07) is 13.3. The molecular weight excluding hydrogens is 352 g/mol. The highest BCUT2D eigenvalue weighted by molar-refractivity contribution is 7.92. The summed E-state index contributed by atoms with van der Waals surface area (Å²) in [5, 5.41) is 2.81. The fraction of sp³-hybridized carbons (Fsp3) is 0.316. The van der Waals surface area contributed by atoms with Gasteiger partial charge in [0, 0.05) is 11.7 Å². The number of carbonyl (C=O) groups is 1. The molecule has 0 heterocycles. The number of hydrogen-bond donors (Lipinski definition) is 2. The van der Waals surface area contributed by atoms with Crippen LogP contribution in [0, 0.1) is 6.92 Å². The minimum Gasteiger partial charge on any atom is -0.484 e. The SMILES string of the molecule is CC[C@@H](C)NC(=O)COc1ccc(S(=O)(=O)Nc2ccccc2)cc1C. The third-order valence-electron chi connectivity index (χ3n) is 3.86. The van der Waals surface area contributed by atoms with Crippen molar-refractivity contribution in [2.75, 3.05) is 11.3 Å². The molecule has 0 bridgehead atoms. The molecule has 2 rings (SSSR count). The zero-order valence-electron chi connectivity index (χ0n) is 15.2. The van der Waals surface area contributed by atoms with Crippen LogP contribution < -0.4 is 14.8 Å². The van der Waals surface area contributed by atoms with Crippen LogP contribution >= 0.6 is 0 Å². The molecule has 2 aromatic carbocycles. The van der Waals surface area contributed by atoms with Gasteiger partial charge >= 0.3 is 0 Å². The zero-order chi connectivity index (χ0) is 19.2. The summed E-state index contributed by atoms with van der Waals surface area (Å²) in [6.45, 7) is 5.53. The van der Waals surface area contributed by atoms with Gasteiger partial charge in [-0.1, -0.05) is 25.1 Å². The van der Waals surface area contributed by atoms with Crippen LogP contribution in [0.1, 0.15) is 25.8 Å². The standard InChI is InChI=1S/C19H24N2O4S/c1-4-15(3)20-19(22)13-25-18-11-10-17(12-14(18)2)26(23,24)21-16-8-6-5-7-9-16/h5-12,15,21H,4,13H2,1-3H3,(H,20,22)/t15-/m1/s1. The molecule has 0 aliphatic heterocycles. The Bertz CT molecular complexity index is 851. The van der Waals surface area contributed by atoms with Crippen LogP contribution in [0.5, 0.6) is 5.75 Å². The van der Waals surface area contributed by atoms with Crippen LogP contribution in [0.2, 0.25) is 0 Å². The van der Waals surface area contributed by atoms with Gasteiger partial charge in [0.15, 0.2) is 6.61 Å². The lowest BCUT2D eigenvalue weighted by molar-refractivity contribution is -0.123. The molecule has 140 valence electrons. The highest BCUT2D eigenvalue weighted by Crippen LogP contribution is 2.23. The Labute approximate surface area is 154 Å². The Hall–Kier alpha value is -2.54. The van der Waals surface area contributed by atoms with E-state index in [4.69, 9.17) is 4.74 Å². The van der Waals surface area contributed by atoms with E-state index in [1.807, 2.05) is 19.9 Å². The number of hydrogen-bond acceptors (Lipinski definition) is 4. The molecule has 26 heavy (non-hydrogen) atoms. The van der Waals surface area contributed by atoms with Gasteiger partial charge in [-0.15, -0.1) is 0 Å². The summed E-state index contributed by atoms with van der Waals surface area (Å²) in [5.41, 5.74) is 1.13. The first-order valence-electron chi connectivity index (χ1n) is 8.42. The minimum absolute atomic E-state index is 0.0868. The lowest BCUT2D eigenvalue weighted by Crippen LogP contribution is -2.35. The minimum atomic E-state index is -3.69. The molecule has 0 saturated heterocycles. The quantitative estimate of drug-likeness (QED) is 0.741. The highest BCUT2D eigenvalue weighted by atomic mass is 32.2. The molecule has 0 saturated carbocycles. The number of sulfonamides is 1. The van der Waals surface area contributed by atoms with Crippen molar-refractivity contribution in [1.82, 2.24) is 5.32 Å². The van der Waals surface area contributed by atoms with Gasteiger partial charge in [0.05, 0.1) is 4.90 Å². The van der Waals surface area contributed by atoms with E-state index in [1.54, 1.807) is 37.3 Å². The first-order chi connectivity index (χ1) is 12.3. The van der Waals surface area contributed by atoms with E-state index in [9.17, 15) is 13.2 Å². The van der Waals surface area contributed by atoms with Crippen LogP contribution in [0.25, 0.3) is 0 Å². The van der Waals surface area contributed by atoms with E-state index in [-0.39, 0.29) is 23.5 Å². The Morgan fingerprint density at radius 1 is 1.15 bits per heavy atom. The second kappa shape index (κ2) is 8.71. The number of aryl methyl sites for hydroxylation is 1. The van der Waals surface area contributed by atoms with E-state index >= 15 is 0 Å². The third-order valence-corrected chi connectivity index (χ3v) is 5.24. The average Bonchev–Trinajstić information content (AvgIpc) is 2.61. The molecule has 0 unspecified atom stereocenters. The second-order valence-corrected chi connectivity index (χ2v) is 7.75. The summed E-state index contributed by atoms with van der Waals surface area (Å²) in [4.78, 5) is 11.9. The molecule has 0 radical (unpaired) electrons. The maximum absolute atomic E-state index is 12.5. The number of nitrogens with one attached hydrogen (secondary N) is 2. The van der Waals surface area contributed by atoms with E-state index in [0.717, 1.165) is 6.42 Å². The lowest BCUT2D eigenvalue weighted by Gasteiger charge is -2.14. The fourth-order valence-corrected chi connectivity index (χ4v) is 3.38. The Kier molecular flexibility index (Phi) is 6.63. The molecule has 6 nitrogen and oxygen atoms in total. The van der Waals surface area contributed by atoms with E-state index in [2.05, 4.69) is 10.0 Å². The van der Waals surface area contributed by atoms with Crippen LogP contribution in [-0.2, 0) is 14.8 Å². The van der Waals surface area contributed by atoms with Crippen LogP contribution in [0.3, 0.4) is 0 Å². The smallest absolute Gasteiger partial charge is 0.261 e. The van der Waals surface area contributed by atoms with Crippen molar-refractivity contribution in [3.8, 4) is 5.75 Å². The predicted octanol–water partition coefficient (Wildman–Crippen LogP) is 3.09. The molecular formula is C19H24N2O4S. The van der Waals surface area contributed by atoms with E-state index in [0.29, 0.717) is 17.0 Å². The summed E-state index contributed by atoms with van der Waals surface area (Å²) >= 11 is 0. The third kappa shape index (κ3) is 5.49. The molecule has 1 amide bonds. The molecule has 2 N–H and O–H groups in total. The number of anilines is 1. The van der Waals surface area contributed by atoms with Gasteiger partial charge in [0.2, 0.25) is 0 Å². The number of para-hydroxylation sites is 1. The summed E-state index contributed by atoms with van der Waals surface area (Å²) in [5.74, 6) is 0.268. The largest absolute Gasteiger partial charge is 0.484 e. The molecule has 0 fully saturated rings. The van der Waals surface area contributed by atoms with E-state index < -0.39 is 10.0 Å². The maximum atomic E-state index is 12.5. The van der Waals surface area contributed by atoms with Gasteiger partial charge in [-0.05, 0) is 56.2 Å². The zero-order valence-corrected chi connectivity index (χ0v) is 16.0. The van der Waals surface area contributed by atoms with Crippen molar-refractivity contribution in [3.05, 3.63) is 54.1 Å². The van der Waals surface area contributed by atoms with Crippen molar-refractivity contribution >= 4 is 21.6 Å². The second-order valence-electron chi connectivity index (χ2n) is 6.06. The Morgan fingerprint density at radius 2 is 1.85 bits per heavy atom. The average molecular weight is 376 g/mol. The van der Waals surface area contributed by atoms with Gasteiger partial charge in [0.1, 0.15) is 5.75 Å². The monoisotopic (exact) mass is 376 g/mol. The van der Waals surface area contributed by atoms with Crippen molar-refractivity contribution in [3.63, 3.8) is 0 Å². The predicted molar refractivity (Wildman–Crippen MR) is 102 cm³/mol.